The Kier molecular flexibility index (Phi) is 13.1. The lowest BCUT2D eigenvalue weighted by atomic mass is 10.0. The quantitative estimate of drug-likeness (QED) is 0.228. The van der Waals surface area contributed by atoms with Gasteiger partial charge < -0.3 is 25.2 Å². The minimum absolute atomic E-state index is 0. The van der Waals surface area contributed by atoms with Crippen LogP contribution in [-0.4, -0.2) is 87.6 Å². The second-order valence-electron chi connectivity index (χ2n) is 6.16. The van der Waals surface area contributed by atoms with Crippen LogP contribution >= 0.6 is 24.0 Å². The molecule has 1 heterocycles. The van der Waals surface area contributed by atoms with Gasteiger partial charge in [-0.15, -0.1) is 30.6 Å². The van der Waals surface area contributed by atoms with Gasteiger partial charge >= 0.3 is 0 Å². The number of piperidine rings is 1. The summed E-state index contributed by atoms with van der Waals surface area (Å²) in [6, 6.07) is 0.219. The summed E-state index contributed by atoms with van der Waals surface area (Å²) in [5.41, 5.74) is 0. The van der Waals surface area contributed by atoms with Gasteiger partial charge in [0.25, 0.3) is 0 Å². The normalized spacial score (nSPS) is 15.0. The van der Waals surface area contributed by atoms with Crippen LogP contribution in [0.25, 0.3) is 0 Å². The van der Waals surface area contributed by atoms with E-state index in [0.29, 0.717) is 38.6 Å². The van der Waals surface area contributed by atoms with E-state index in [1.54, 1.807) is 27.3 Å². The monoisotopic (exact) mass is 481 g/mol. The molecule has 1 aliphatic rings. The van der Waals surface area contributed by atoms with E-state index >= 15 is 0 Å². The van der Waals surface area contributed by atoms with Crippen LogP contribution in [0.2, 0.25) is 0 Å². The smallest absolute Gasteiger partial charge is 0.243 e. The number of amides is 2. The number of nitrogens with zero attached hydrogens (tertiary/aromatic N) is 3. The summed E-state index contributed by atoms with van der Waals surface area (Å²) in [5, 5.41) is 6.47. The molecule has 0 radical (unpaired) electrons. The zero-order valence-electron chi connectivity index (χ0n) is 16.0. The molecule has 0 unspecified atom stereocenters. The summed E-state index contributed by atoms with van der Waals surface area (Å²) >= 11 is 0. The number of rotatable bonds is 8. The minimum Gasteiger partial charge on any atom is -0.384 e. The molecule has 0 aromatic heterocycles. The summed E-state index contributed by atoms with van der Waals surface area (Å²) in [4.78, 5) is 31.4. The molecular formula is C17H32IN5O3. The molecule has 0 aromatic carbocycles. The second-order valence-corrected chi connectivity index (χ2v) is 6.16. The van der Waals surface area contributed by atoms with Crippen molar-refractivity contribution in [2.24, 2.45) is 4.99 Å². The third-order valence-electron chi connectivity index (χ3n) is 3.99. The van der Waals surface area contributed by atoms with Crippen LogP contribution in [0.4, 0.5) is 0 Å². The highest BCUT2D eigenvalue weighted by atomic mass is 127. The van der Waals surface area contributed by atoms with Crippen molar-refractivity contribution >= 4 is 41.8 Å². The highest BCUT2D eigenvalue weighted by Crippen LogP contribution is 2.11. The standard InChI is InChI=1S/C17H31N5O3.HI/c1-5-9-18-17(19-13-16(24)21(2)3)20-14-6-10-22(11-7-14)15(23)8-12-25-4;/h5,14H,1,6-13H2,2-4H3,(H2,18,19,20);1H. The summed E-state index contributed by atoms with van der Waals surface area (Å²) in [5.74, 6) is 0.674. The Bertz CT molecular complexity index is 477. The van der Waals surface area contributed by atoms with Crippen molar-refractivity contribution in [1.82, 2.24) is 20.4 Å². The number of likely N-dealkylation sites (tertiary alicyclic amines) is 1. The topological polar surface area (TPSA) is 86.3 Å². The Morgan fingerprint density at radius 3 is 2.54 bits per heavy atom. The largest absolute Gasteiger partial charge is 0.384 e. The SMILES string of the molecule is C=CCNC(=NCC(=O)N(C)C)NC1CCN(C(=O)CCOC)CC1.I. The van der Waals surface area contributed by atoms with E-state index in [1.807, 2.05) is 4.90 Å². The Morgan fingerprint density at radius 2 is 2.00 bits per heavy atom. The van der Waals surface area contributed by atoms with Gasteiger partial charge in [0.15, 0.2) is 5.96 Å². The van der Waals surface area contributed by atoms with E-state index in [2.05, 4.69) is 22.2 Å². The molecule has 26 heavy (non-hydrogen) atoms. The molecular weight excluding hydrogens is 449 g/mol. The van der Waals surface area contributed by atoms with Crippen LogP contribution in [0.5, 0.6) is 0 Å². The first-order chi connectivity index (χ1) is 12.0. The fraction of sp³-hybridized carbons (Fsp3) is 0.706. The average Bonchev–Trinajstić information content (AvgIpc) is 2.61. The highest BCUT2D eigenvalue weighted by Gasteiger charge is 2.23. The number of ether oxygens (including phenoxy) is 1. The van der Waals surface area contributed by atoms with Crippen molar-refractivity contribution in [2.75, 3.05) is 54.0 Å². The van der Waals surface area contributed by atoms with E-state index in [0.717, 1.165) is 12.8 Å². The van der Waals surface area contributed by atoms with Crippen molar-refractivity contribution < 1.29 is 14.3 Å². The zero-order chi connectivity index (χ0) is 18.7. The van der Waals surface area contributed by atoms with Crippen molar-refractivity contribution in [3.63, 3.8) is 0 Å². The predicted octanol–water partition coefficient (Wildman–Crippen LogP) is 0.441. The summed E-state index contributed by atoms with van der Waals surface area (Å²) < 4.78 is 4.95. The van der Waals surface area contributed by atoms with Crippen molar-refractivity contribution in [2.45, 2.75) is 25.3 Å². The third kappa shape index (κ3) is 9.37. The van der Waals surface area contributed by atoms with Gasteiger partial charge in [-0.2, -0.15) is 0 Å². The number of hydrogen-bond acceptors (Lipinski definition) is 4. The zero-order valence-corrected chi connectivity index (χ0v) is 18.3. The van der Waals surface area contributed by atoms with Gasteiger partial charge in [0.2, 0.25) is 11.8 Å². The number of halogens is 1. The van der Waals surface area contributed by atoms with Crippen LogP contribution < -0.4 is 10.6 Å². The predicted molar refractivity (Wildman–Crippen MR) is 114 cm³/mol. The number of nitrogens with one attached hydrogen (secondary N) is 2. The molecule has 0 spiro atoms. The van der Waals surface area contributed by atoms with Crippen LogP contribution in [0.1, 0.15) is 19.3 Å². The van der Waals surface area contributed by atoms with Crippen molar-refractivity contribution in [1.29, 1.82) is 0 Å². The number of likely N-dealkylation sites (N-methyl/N-ethyl adjacent to an activating group) is 1. The second kappa shape index (κ2) is 13.8. The molecule has 0 saturated carbocycles. The first-order valence-electron chi connectivity index (χ1n) is 8.60. The van der Waals surface area contributed by atoms with Gasteiger partial charge in [0, 0.05) is 46.9 Å². The van der Waals surface area contributed by atoms with Crippen LogP contribution in [0, 0.1) is 0 Å². The molecule has 2 N–H and O–H groups in total. The van der Waals surface area contributed by atoms with Gasteiger partial charge in [-0.05, 0) is 12.8 Å². The van der Waals surface area contributed by atoms with E-state index in [1.165, 1.54) is 4.90 Å². The van der Waals surface area contributed by atoms with Gasteiger partial charge in [0.1, 0.15) is 6.54 Å². The molecule has 9 heteroatoms. The molecule has 0 atom stereocenters. The van der Waals surface area contributed by atoms with Crippen LogP contribution in [0.3, 0.4) is 0 Å². The van der Waals surface area contributed by atoms with Crippen molar-refractivity contribution in [3.05, 3.63) is 12.7 Å². The molecule has 150 valence electrons. The van der Waals surface area contributed by atoms with Crippen molar-refractivity contribution in [3.8, 4) is 0 Å². The van der Waals surface area contributed by atoms with E-state index in [4.69, 9.17) is 4.74 Å². The Balaban J connectivity index is 0.00000625. The molecule has 0 bridgehead atoms. The molecule has 1 aliphatic heterocycles. The highest BCUT2D eigenvalue weighted by molar-refractivity contribution is 14.0. The average molecular weight is 481 g/mol. The molecule has 0 aliphatic carbocycles. The fourth-order valence-corrected chi connectivity index (χ4v) is 2.42. The van der Waals surface area contributed by atoms with Gasteiger partial charge in [0.05, 0.1) is 13.0 Å². The summed E-state index contributed by atoms with van der Waals surface area (Å²) in [6.45, 7) is 6.22. The number of carbonyl (C=O) groups is 2. The van der Waals surface area contributed by atoms with E-state index < -0.39 is 0 Å². The van der Waals surface area contributed by atoms with E-state index in [9.17, 15) is 9.59 Å². The first kappa shape index (κ1) is 24.6. The minimum atomic E-state index is -0.0572. The number of hydrogen-bond donors (Lipinski definition) is 2. The summed E-state index contributed by atoms with van der Waals surface area (Å²) in [7, 11) is 5.01. The maximum Gasteiger partial charge on any atom is 0.243 e. The van der Waals surface area contributed by atoms with E-state index in [-0.39, 0.29) is 48.4 Å². The summed E-state index contributed by atoms with van der Waals surface area (Å²) in [6.07, 6.45) is 3.85. The number of methoxy groups -OCH3 is 1. The Labute approximate surface area is 173 Å². The maximum atomic E-state index is 12.0. The molecule has 1 rings (SSSR count). The number of carbonyl (C=O) groups excluding carboxylic acids is 2. The lowest BCUT2D eigenvalue weighted by molar-refractivity contribution is -0.133. The first-order valence-corrected chi connectivity index (χ1v) is 8.60. The molecule has 1 saturated heterocycles. The number of guanidine groups is 1. The molecule has 8 nitrogen and oxygen atoms in total. The van der Waals surface area contributed by atoms with Gasteiger partial charge in [-0.1, -0.05) is 6.08 Å². The molecule has 1 fully saturated rings. The van der Waals surface area contributed by atoms with Crippen LogP contribution in [0.15, 0.2) is 17.6 Å². The van der Waals surface area contributed by atoms with Gasteiger partial charge in [-0.25, -0.2) is 4.99 Å². The van der Waals surface area contributed by atoms with Crippen LogP contribution in [-0.2, 0) is 14.3 Å². The Morgan fingerprint density at radius 1 is 1.35 bits per heavy atom. The molecule has 2 amide bonds. The fourth-order valence-electron chi connectivity index (χ4n) is 2.42. The molecule has 0 aromatic rings. The Hall–Kier alpha value is -1.36. The lowest BCUT2D eigenvalue weighted by Gasteiger charge is -2.33. The number of aliphatic imine (C=N–C) groups is 1. The third-order valence-corrected chi connectivity index (χ3v) is 3.99. The van der Waals surface area contributed by atoms with Gasteiger partial charge in [-0.3, -0.25) is 9.59 Å². The lowest BCUT2D eigenvalue weighted by Crippen LogP contribution is -2.50. The maximum absolute atomic E-state index is 12.0.